The minimum absolute atomic E-state index is 0.220. The van der Waals surface area contributed by atoms with Gasteiger partial charge in [-0.15, -0.1) is 0 Å². The first-order chi connectivity index (χ1) is 6.31. The topological polar surface area (TPSA) is 62.1 Å². The summed E-state index contributed by atoms with van der Waals surface area (Å²) in [7, 11) is 0. The molecule has 4 heteroatoms. The molecule has 0 aromatic carbocycles. The molecule has 0 saturated heterocycles. The molecular weight excluding hydrogens is 168 g/mol. The highest BCUT2D eigenvalue weighted by Crippen LogP contribution is 1.90. The van der Waals surface area contributed by atoms with Crippen molar-refractivity contribution in [2.24, 2.45) is 0 Å². The standard InChI is InChI=1S/C9H16N2O2/c1-2-13-9(12)8-11-7-5-3-4-6-10/h11H,2-5,7-8H2,1H3. The van der Waals surface area contributed by atoms with Crippen LogP contribution >= 0.6 is 0 Å². The molecule has 0 radical (unpaired) electrons. The second kappa shape index (κ2) is 9.01. The molecule has 0 aliphatic heterocycles. The van der Waals surface area contributed by atoms with Crippen molar-refractivity contribution in [1.29, 1.82) is 5.26 Å². The first-order valence-electron chi connectivity index (χ1n) is 4.54. The van der Waals surface area contributed by atoms with Gasteiger partial charge in [0.25, 0.3) is 0 Å². The van der Waals surface area contributed by atoms with Crippen molar-refractivity contribution in [3.05, 3.63) is 0 Å². The summed E-state index contributed by atoms with van der Waals surface area (Å²) in [6.07, 6.45) is 2.39. The zero-order chi connectivity index (χ0) is 9.94. The van der Waals surface area contributed by atoms with Crippen molar-refractivity contribution in [3.63, 3.8) is 0 Å². The number of esters is 1. The third-order valence-corrected chi connectivity index (χ3v) is 1.47. The Labute approximate surface area is 78.9 Å². The summed E-state index contributed by atoms with van der Waals surface area (Å²) in [6.45, 7) is 3.24. The molecule has 0 spiro atoms. The largest absolute Gasteiger partial charge is 0.465 e. The molecule has 0 atom stereocenters. The maximum Gasteiger partial charge on any atom is 0.319 e. The van der Waals surface area contributed by atoms with E-state index in [9.17, 15) is 4.79 Å². The second-order valence-electron chi connectivity index (χ2n) is 2.60. The summed E-state index contributed by atoms with van der Waals surface area (Å²) >= 11 is 0. The average molecular weight is 184 g/mol. The van der Waals surface area contributed by atoms with E-state index in [1.807, 2.05) is 0 Å². The Morgan fingerprint density at radius 2 is 2.31 bits per heavy atom. The number of hydrogen-bond acceptors (Lipinski definition) is 4. The van der Waals surface area contributed by atoms with Crippen LogP contribution in [-0.2, 0) is 9.53 Å². The van der Waals surface area contributed by atoms with Crippen LogP contribution in [0.2, 0.25) is 0 Å². The molecule has 0 aromatic rings. The number of hydrogen-bond donors (Lipinski definition) is 1. The molecule has 0 unspecified atom stereocenters. The van der Waals surface area contributed by atoms with Crippen LogP contribution in [0.15, 0.2) is 0 Å². The molecule has 74 valence electrons. The SMILES string of the molecule is CCOC(=O)CNCCCCC#N. The molecule has 0 aliphatic rings. The maximum absolute atomic E-state index is 10.8. The van der Waals surface area contributed by atoms with Gasteiger partial charge in [-0.2, -0.15) is 5.26 Å². The number of rotatable bonds is 7. The highest BCUT2D eigenvalue weighted by atomic mass is 16.5. The van der Waals surface area contributed by atoms with E-state index in [0.717, 1.165) is 19.4 Å². The lowest BCUT2D eigenvalue weighted by atomic mass is 10.2. The Morgan fingerprint density at radius 3 is 2.92 bits per heavy atom. The van der Waals surface area contributed by atoms with Crippen molar-refractivity contribution < 1.29 is 9.53 Å². The van der Waals surface area contributed by atoms with Crippen LogP contribution in [0.4, 0.5) is 0 Å². The predicted molar refractivity (Wildman–Crippen MR) is 49.0 cm³/mol. The monoisotopic (exact) mass is 184 g/mol. The van der Waals surface area contributed by atoms with Gasteiger partial charge in [0.05, 0.1) is 19.2 Å². The Kier molecular flexibility index (Phi) is 8.26. The summed E-state index contributed by atoms with van der Waals surface area (Å²) in [5.74, 6) is -0.220. The summed E-state index contributed by atoms with van der Waals surface area (Å²) in [4.78, 5) is 10.8. The molecule has 0 heterocycles. The van der Waals surface area contributed by atoms with E-state index >= 15 is 0 Å². The molecule has 0 aliphatic carbocycles. The van der Waals surface area contributed by atoms with Gasteiger partial charge in [-0.1, -0.05) is 0 Å². The highest BCUT2D eigenvalue weighted by Gasteiger charge is 1.98. The Hall–Kier alpha value is -1.08. The lowest BCUT2D eigenvalue weighted by Gasteiger charge is -2.02. The third kappa shape index (κ3) is 8.83. The lowest BCUT2D eigenvalue weighted by Crippen LogP contribution is -2.25. The Bertz CT molecular complexity index is 175. The Morgan fingerprint density at radius 1 is 1.54 bits per heavy atom. The number of nitrogens with zero attached hydrogens (tertiary/aromatic N) is 1. The molecule has 0 fully saturated rings. The van der Waals surface area contributed by atoms with Gasteiger partial charge in [-0.3, -0.25) is 4.79 Å². The van der Waals surface area contributed by atoms with Crippen LogP contribution < -0.4 is 5.32 Å². The number of carbonyl (C=O) groups is 1. The van der Waals surface area contributed by atoms with E-state index in [1.54, 1.807) is 6.92 Å². The van der Waals surface area contributed by atoms with E-state index in [1.165, 1.54) is 0 Å². The van der Waals surface area contributed by atoms with E-state index in [2.05, 4.69) is 11.4 Å². The van der Waals surface area contributed by atoms with Crippen LogP contribution in [0.1, 0.15) is 26.2 Å². The second-order valence-corrected chi connectivity index (χ2v) is 2.60. The number of nitriles is 1. The van der Waals surface area contributed by atoms with Crippen molar-refractivity contribution in [2.75, 3.05) is 19.7 Å². The van der Waals surface area contributed by atoms with Gasteiger partial charge in [0.15, 0.2) is 0 Å². The molecule has 13 heavy (non-hydrogen) atoms. The fourth-order valence-electron chi connectivity index (χ4n) is 0.857. The molecule has 1 N–H and O–H groups in total. The number of unbranched alkanes of at least 4 members (excludes halogenated alkanes) is 2. The summed E-state index contributed by atoms with van der Waals surface area (Å²) in [5.41, 5.74) is 0. The average Bonchev–Trinajstić information content (AvgIpc) is 2.11. The van der Waals surface area contributed by atoms with Crippen LogP contribution in [0.3, 0.4) is 0 Å². The molecule has 0 amide bonds. The molecule has 4 nitrogen and oxygen atoms in total. The van der Waals surface area contributed by atoms with Crippen molar-refractivity contribution in [1.82, 2.24) is 5.32 Å². The predicted octanol–water partition coefficient (Wildman–Crippen LogP) is 0.833. The van der Waals surface area contributed by atoms with Crippen molar-refractivity contribution >= 4 is 5.97 Å². The van der Waals surface area contributed by atoms with Gasteiger partial charge < -0.3 is 10.1 Å². The van der Waals surface area contributed by atoms with Gasteiger partial charge in [-0.05, 0) is 26.3 Å². The van der Waals surface area contributed by atoms with Gasteiger partial charge in [-0.25, -0.2) is 0 Å². The Balaban J connectivity index is 3.07. The van der Waals surface area contributed by atoms with Gasteiger partial charge in [0.1, 0.15) is 0 Å². The highest BCUT2D eigenvalue weighted by molar-refractivity contribution is 5.71. The fourth-order valence-corrected chi connectivity index (χ4v) is 0.857. The fraction of sp³-hybridized carbons (Fsp3) is 0.778. The van der Waals surface area contributed by atoms with Gasteiger partial charge in [0, 0.05) is 6.42 Å². The maximum atomic E-state index is 10.8. The van der Waals surface area contributed by atoms with E-state index < -0.39 is 0 Å². The zero-order valence-corrected chi connectivity index (χ0v) is 8.01. The smallest absolute Gasteiger partial charge is 0.319 e. The summed E-state index contributed by atoms with van der Waals surface area (Å²) in [5, 5.41) is 11.2. The molecule has 0 saturated carbocycles. The quantitative estimate of drug-likeness (QED) is 0.470. The summed E-state index contributed by atoms with van der Waals surface area (Å²) in [6, 6.07) is 2.07. The van der Waals surface area contributed by atoms with Crippen LogP contribution in [-0.4, -0.2) is 25.7 Å². The summed E-state index contributed by atoms with van der Waals surface area (Å²) < 4.78 is 4.72. The third-order valence-electron chi connectivity index (χ3n) is 1.47. The van der Waals surface area contributed by atoms with Crippen molar-refractivity contribution in [2.45, 2.75) is 26.2 Å². The van der Waals surface area contributed by atoms with Crippen LogP contribution in [0.25, 0.3) is 0 Å². The molecule has 0 rings (SSSR count). The first kappa shape index (κ1) is 11.9. The zero-order valence-electron chi connectivity index (χ0n) is 8.01. The van der Waals surface area contributed by atoms with Crippen LogP contribution in [0, 0.1) is 11.3 Å². The van der Waals surface area contributed by atoms with Gasteiger partial charge in [0.2, 0.25) is 0 Å². The van der Waals surface area contributed by atoms with Crippen molar-refractivity contribution in [3.8, 4) is 6.07 Å². The molecule has 0 aromatic heterocycles. The van der Waals surface area contributed by atoms with Gasteiger partial charge >= 0.3 is 5.97 Å². The molecular formula is C9H16N2O2. The number of nitrogens with one attached hydrogen (secondary N) is 1. The number of ether oxygens (including phenoxy) is 1. The minimum atomic E-state index is -0.220. The normalized spacial score (nSPS) is 9.23. The first-order valence-corrected chi connectivity index (χ1v) is 4.54. The van der Waals surface area contributed by atoms with E-state index in [4.69, 9.17) is 10.00 Å². The minimum Gasteiger partial charge on any atom is -0.465 e. The number of carbonyl (C=O) groups excluding carboxylic acids is 1. The van der Waals surface area contributed by atoms with E-state index in [0.29, 0.717) is 13.0 Å². The molecule has 0 bridgehead atoms. The lowest BCUT2D eigenvalue weighted by molar-refractivity contribution is -0.141. The van der Waals surface area contributed by atoms with E-state index in [-0.39, 0.29) is 12.5 Å². The van der Waals surface area contributed by atoms with Crippen LogP contribution in [0.5, 0.6) is 0 Å².